The zero-order chi connectivity index (χ0) is 29.8. The smallest absolute Gasteiger partial charge is 0.390 e. The minimum atomic E-state index is -4.53. The molecule has 0 aromatic heterocycles. The molecule has 11 heteroatoms. The van der Waals surface area contributed by atoms with Gasteiger partial charge in [-0.05, 0) is 67.7 Å². The van der Waals surface area contributed by atoms with Crippen LogP contribution in [0.2, 0.25) is 0 Å². The molecule has 6 rings (SSSR count). The lowest BCUT2D eigenvalue weighted by Crippen LogP contribution is -2.70. The first-order chi connectivity index (χ1) is 19.1. The number of aliphatic hydroxyl groups is 1. The van der Waals surface area contributed by atoms with E-state index in [4.69, 9.17) is 9.47 Å². The Morgan fingerprint density at radius 3 is 2.46 bits per heavy atom. The van der Waals surface area contributed by atoms with Crippen LogP contribution < -0.4 is 0 Å². The van der Waals surface area contributed by atoms with Gasteiger partial charge in [0.05, 0.1) is 17.8 Å². The first-order valence-electron chi connectivity index (χ1n) is 13.8. The summed E-state index contributed by atoms with van der Waals surface area (Å²) in [6.45, 7) is 5.03. The highest BCUT2D eigenvalue weighted by molar-refractivity contribution is 8.13. The van der Waals surface area contributed by atoms with Crippen molar-refractivity contribution in [1.29, 1.82) is 0 Å². The number of aliphatic hydroxyl groups excluding tert-OH is 1. The number of ether oxygens (including phenoxy) is 2. The van der Waals surface area contributed by atoms with Crippen molar-refractivity contribution in [3.05, 3.63) is 59.2 Å². The largest absolute Gasteiger partial charge is 0.416 e. The number of fused-ring (bicyclic) bond motifs is 7. The molecule has 5 nitrogen and oxygen atoms in total. The fraction of sp³-hybridized carbons (Fsp3) is 0.600. The minimum absolute atomic E-state index is 0.00629. The van der Waals surface area contributed by atoms with Crippen molar-refractivity contribution in [3.8, 4) is 0 Å². The van der Waals surface area contributed by atoms with E-state index >= 15 is 8.78 Å². The Hall–Kier alpha value is -2.08. The molecule has 7 unspecified atom stereocenters. The molecule has 1 saturated heterocycles. The van der Waals surface area contributed by atoms with E-state index in [-0.39, 0.29) is 30.0 Å². The van der Waals surface area contributed by atoms with Gasteiger partial charge in [0.1, 0.15) is 6.17 Å². The predicted molar refractivity (Wildman–Crippen MR) is 140 cm³/mol. The normalized spacial score (nSPS) is 45.0. The van der Waals surface area contributed by atoms with Gasteiger partial charge in [0, 0.05) is 22.3 Å². The number of allylic oxidation sites excluding steroid dienone is 4. The number of ketones is 1. The molecular weight excluding hydrogens is 567 g/mol. The van der Waals surface area contributed by atoms with Gasteiger partial charge in [0.2, 0.25) is 5.12 Å². The highest BCUT2D eigenvalue weighted by atomic mass is 32.2. The second-order valence-corrected chi connectivity index (χ2v) is 13.5. The topological polar surface area (TPSA) is 72.8 Å². The molecule has 0 radical (unpaired) electrons. The monoisotopic (exact) mass is 598 g/mol. The van der Waals surface area contributed by atoms with Crippen molar-refractivity contribution in [3.63, 3.8) is 0 Å². The van der Waals surface area contributed by atoms with Crippen molar-refractivity contribution in [2.75, 3.05) is 5.75 Å². The van der Waals surface area contributed by atoms with Gasteiger partial charge in [0.15, 0.2) is 23.3 Å². The van der Waals surface area contributed by atoms with Crippen LogP contribution in [0.3, 0.4) is 0 Å². The summed E-state index contributed by atoms with van der Waals surface area (Å²) >= 11 is 1.00. The van der Waals surface area contributed by atoms with Crippen LogP contribution in [0.15, 0.2) is 48.1 Å². The lowest BCUT2D eigenvalue weighted by atomic mass is 9.44. The van der Waals surface area contributed by atoms with Gasteiger partial charge < -0.3 is 14.6 Å². The van der Waals surface area contributed by atoms with Crippen LogP contribution in [-0.2, 0) is 25.2 Å². The number of rotatable bonds is 3. The van der Waals surface area contributed by atoms with Crippen LogP contribution in [0.25, 0.3) is 0 Å². The Balaban J connectivity index is 1.41. The molecule has 1 aliphatic heterocycles. The fourth-order valence-corrected chi connectivity index (χ4v) is 9.40. The number of hydrogen-bond donors (Lipinski definition) is 1. The zero-order valence-corrected chi connectivity index (χ0v) is 23.5. The molecule has 4 fully saturated rings. The van der Waals surface area contributed by atoms with Crippen LogP contribution >= 0.6 is 11.8 Å². The Bertz CT molecular complexity index is 1350. The van der Waals surface area contributed by atoms with Gasteiger partial charge in [-0.1, -0.05) is 43.8 Å². The molecule has 0 spiro atoms. The number of thioether (sulfide) groups is 1. The molecule has 222 valence electrons. The number of halogens is 5. The summed E-state index contributed by atoms with van der Waals surface area (Å²) in [4.78, 5) is 26.0. The summed E-state index contributed by atoms with van der Waals surface area (Å²) in [5.41, 5.74) is -7.26. The fourth-order valence-electron chi connectivity index (χ4n) is 8.51. The lowest BCUT2D eigenvalue weighted by Gasteiger charge is -2.63. The van der Waals surface area contributed by atoms with Gasteiger partial charge in [-0.2, -0.15) is 13.2 Å². The molecule has 4 aliphatic carbocycles. The Morgan fingerprint density at radius 2 is 1.83 bits per heavy atom. The predicted octanol–water partition coefficient (Wildman–Crippen LogP) is 6.07. The Morgan fingerprint density at radius 1 is 1.15 bits per heavy atom. The van der Waals surface area contributed by atoms with Crippen molar-refractivity contribution in [2.45, 2.75) is 82.1 Å². The molecule has 1 aromatic rings. The number of benzene rings is 1. The van der Waals surface area contributed by atoms with Gasteiger partial charge in [-0.3, -0.25) is 9.59 Å². The van der Waals surface area contributed by atoms with E-state index in [2.05, 4.69) is 0 Å². The highest BCUT2D eigenvalue weighted by Gasteiger charge is 2.80. The summed E-state index contributed by atoms with van der Waals surface area (Å²) in [5.74, 6) is -1.69. The molecule has 0 bridgehead atoms. The van der Waals surface area contributed by atoms with E-state index in [0.717, 1.165) is 30.0 Å². The second-order valence-electron chi connectivity index (χ2n) is 12.2. The molecule has 1 aromatic carbocycles. The molecule has 5 aliphatic rings. The number of alkyl halides is 5. The average Bonchev–Trinajstić information content (AvgIpc) is 3.40. The third-order valence-electron chi connectivity index (χ3n) is 10.5. The van der Waals surface area contributed by atoms with E-state index in [9.17, 15) is 27.9 Å². The first kappa shape index (κ1) is 29.0. The van der Waals surface area contributed by atoms with Crippen molar-refractivity contribution >= 4 is 22.7 Å². The molecule has 1 N–H and O–H groups in total. The SMILES string of the molecule is CCSC(=O)C12OC(c3ccc(C(F)(F)F)cc3)O[C@@H]1CC1C3C[C@H](F)C4=CC(=O)C=CC4(C)[C@@]3(F)C(O)CC12C. The number of carbonyl (C=O) groups is 2. The highest BCUT2D eigenvalue weighted by Crippen LogP contribution is 2.73. The van der Waals surface area contributed by atoms with Crippen LogP contribution in [-0.4, -0.2) is 51.4 Å². The molecular formula is C30H31F5O5S. The maximum atomic E-state index is 17.5. The molecule has 3 saturated carbocycles. The number of carbonyl (C=O) groups excluding carboxylic acids is 2. The second kappa shape index (κ2) is 9.21. The van der Waals surface area contributed by atoms with Gasteiger partial charge >= 0.3 is 6.18 Å². The van der Waals surface area contributed by atoms with Crippen LogP contribution in [0, 0.1) is 22.7 Å². The third kappa shape index (κ3) is 3.70. The maximum absolute atomic E-state index is 17.5. The summed E-state index contributed by atoms with van der Waals surface area (Å²) in [6, 6.07) is 4.30. The standard InChI is InChI=1S/C30H31F5O5S/c1-4-41-25(38)29-23(39-24(40-29)15-5-7-16(8-6-15)30(33,34)35)13-18-19-12-21(31)20-11-17(36)9-10-26(20,2)28(19,32)22(37)14-27(18,29)3/h5-11,18-19,21-24,37H,4,12-14H2,1-3H3/t18?,19?,21-,22?,23+,24?,26?,27?,28-,29?/m0/s1. The molecule has 10 atom stereocenters. The first-order valence-corrected chi connectivity index (χ1v) is 14.8. The summed E-state index contributed by atoms with van der Waals surface area (Å²) in [7, 11) is 0. The molecule has 1 heterocycles. The summed E-state index contributed by atoms with van der Waals surface area (Å²) < 4.78 is 85.3. The van der Waals surface area contributed by atoms with E-state index in [1.54, 1.807) is 13.8 Å². The summed E-state index contributed by atoms with van der Waals surface area (Å²) in [6.07, 6.45) is -6.49. The van der Waals surface area contributed by atoms with E-state index < -0.39 is 76.1 Å². The van der Waals surface area contributed by atoms with Gasteiger partial charge in [-0.15, -0.1) is 0 Å². The van der Waals surface area contributed by atoms with Crippen molar-refractivity contribution in [2.24, 2.45) is 22.7 Å². The molecule has 0 amide bonds. The summed E-state index contributed by atoms with van der Waals surface area (Å²) in [5, 5.41) is 11.2. The molecule has 41 heavy (non-hydrogen) atoms. The lowest BCUT2D eigenvalue weighted by molar-refractivity contribution is -0.232. The van der Waals surface area contributed by atoms with Gasteiger partial charge in [-0.25, -0.2) is 8.78 Å². The van der Waals surface area contributed by atoms with Crippen molar-refractivity contribution < 1.29 is 46.1 Å². The average molecular weight is 599 g/mol. The maximum Gasteiger partial charge on any atom is 0.416 e. The zero-order valence-electron chi connectivity index (χ0n) is 22.7. The van der Waals surface area contributed by atoms with Crippen LogP contribution in [0.5, 0.6) is 0 Å². The third-order valence-corrected chi connectivity index (χ3v) is 11.3. The van der Waals surface area contributed by atoms with Crippen molar-refractivity contribution in [1.82, 2.24) is 0 Å². The van der Waals surface area contributed by atoms with Crippen LogP contribution in [0.1, 0.15) is 57.5 Å². The van der Waals surface area contributed by atoms with E-state index in [1.165, 1.54) is 31.2 Å². The number of hydrogen-bond acceptors (Lipinski definition) is 6. The van der Waals surface area contributed by atoms with Crippen LogP contribution in [0.4, 0.5) is 22.0 Å². The van der Waals surface area contributed by atoms with E-state index in [0.29, 0.717) is 11.3 Å². The van der Waals surface area contributed by atoms with E-state index in [1.807, 2.05) is 0 Å². The minimum Gasteiger partial charge on any atom is -0.390 e. The van der Waals surface area contributed by atoms with Gasteiger partial charge in [0.25, 0.3) is 0 Å². The Kier molecular flexibility index (Phi) is 6.52. The Labute approximate surface area is 238 Å². The quantitative estimate of drug-likeness (QED) is 0.426.